The predicted octanol–water partition coefficient (Wildman–Crippen LogP) is 2.60. The molecule has 0 spiro atoms. The predicted molar refractivity (Wildman–Crippen MR) is 130 cm³/mol. The van der Waals surface area contributed by atoms with Gasteiger partial charge < -0.3 is 29.4 Å². The lowest BCUT2D eigenvalue weighted by Gasteiger charge is -2.33. The average Bonchev–Trinajstić information content (AvgIpc) is 3.43. The molecule has 2 aromatic rings. The Morgan fingerprint density at radius 1 is 1.11 bits per heavy atom. The lowest BCUT2D eigenvalue weighted by Crippen LogP contribution is -2.51. The van der Waals surface area contributed by atoms with E-state index in [0.717, 1.165) is 37.0 Å². The summed E-state index contributed by atoms with van der Waals surface area (Å²) >= 11 is 0. The number of amides is 3. The lowest BCUT2D eigenvalue weighted by atomic mass is 9.94. The third-order valence-corrected chi connectivity index (χ3v) is 5.99. The summed E-state index contributed by atoms with van der Waals surface area (Å²) in [5.41, 5.74) is 0.470. The number of nitrogens with zero attached hydrogens (tertiary/aromatic N) is 1. The van der Waals surface area contributed by atoms with E-state index >= 15 is 0 Å². The fourth-order valence-electron chi connectivity index (χ4n) is 4.23. The Balaban J connectivity index is 1.90. The Hall–Kier alpha value is -3.82. The van der Waals surface area contributed by atoms with E-state index in [-0.39, 0.29) is 18.4 Å². The number of hydrogen-bond acceptors (Lipinski definition) is 7. The summed E-state index contributed by atoms with van der Waals surface area (Å²) in [6, 6.07) is 8.64. The summed E-state index contributed by atoms with van der Waals surface area (Å²) in [5, 5.41) is 5.54. The van der Waals surface area contributed by atoms with E-state index in [4.69, 9.17) is 13.9 Å². The number of furan rings is 1. The highest BCUT2D eigenvalue weighted by molar-refractivity contribution is 5.96. The molecule has 0 bridgehead atoms. The Kier molecular flexibility index (Phi) is 9.91. The third kappa shape index (κ3) is 7.34. The van der Waals surface area contributed by atoms with Gasteiger partial charge in [0.2, 0.25) is 11.8 Å². The largest absolute Gasteiger partial charge is 0.497 e. The van der Waals surface area contributed by atoms with Crippen LogP contribution >= 0.6 is 0 Å². The van der Waals surface area contributed by atoms with Crippen LogP contribution in [0.4, 0.5) is 0 Å². The van der Waals surface area contributed by atoms with E-state index < -0.39 is 42.8 Å². The van der Waals surface area contributed by atoms with Crippen LogP contribution in [-0.2, 0) is 19.1 Å². The van der Waals surface area contributed by atoms with Crippen LogP contribution in [0.2, 0.25) is 0 Å². The molecule has 1 saturated carbocycles. The van der Waals surface area contributed by atoms with Crippen LogP contribution in [0.25, 0.3) is 0 Å². The maximum atomic E-state index is 13.6. The van der Waals surface area contributed by atoms with Crippen LogP contribution in [0.3, 0.4) is 0 Å². The Bertz CT molecular complexity index is 1030. The molecule has 10 nitrogen and oxygen atoms in total. The van der Waals surface area contributed by atoms with Crippen LogP contribution in [0.5, 0.6) is 5.75 Å². The molecule has 0 saturated heterocycles. The van der Waals surface area contributed by atoms with Crippen molar-refractivity contribution in [3.8, 4) is 5.75 Å². The van der Waals surface area contributed by atoms with Gasteiger partial charge in [-0.25, -0.2) is 0 Å². The zero-order chi connectivity index (χ0) is 25.9. The summed E-state index contributed by atoms with van der Waals surface area (Å²) in [7, 11) is 1.50. The van der Waals surface area contributed by atoms with Gasteiger partial charge in [0.25, 0.3) is 5.91 Å². The molecule has 2 N–H and O–H groups in total. The van der Waals surface area contributed by atoms with Crippen LogP contribution < -0.4 is 15.4 Å². The first-order valence-electron chi connectivity index (χ1n) is 12.1. The first-order valence-corrected chi connectivity index (χ1v) is 12.1. The van der Waals surface area contributed by atoms with Crippen LogP contribution in [0.1, 0.15) is 61.2 Å². The molecule has 1 fully saturated rings. The van der Waals surface area contributed by atoms with Crippen molar-refractivity contribution in [1.82, 2.24) is 15.5 Å². The monoisotopic (exact) mass is 499 g/mol. The van der Waals surface area contributed by atoms with E-state index in [9.17, 15) is 19.2 Å². The standard InChI is InChI=1S/C26H33N3O7/c1-3-35-23(31)17-29(22(30)16-27-25(32)21-13-8-14-36-21)24(18-9-7-12-20(15-18)34-2)26(33)28-19-10-5-4-6-11-19/h7-9,12-15,19,24H,3-6,10-11,16-17H2,1-2H3,(H,27,32)(H,28,33)/t24-/m1/s1. The number of hydrogen-bond donors (Lipinski definition) is 2. The van der Waals surface area contributed by atoms with Crippen LogP contribution in [-0.4, -0.2) is 61.4 Å². The van der Waals surface area contributed by atoms with E-state index in [1.54, 1.807) is 37.3 Å². The normalized spacial score (nSPS) is 14.4. The zero-order valence-corrected chi connectivity index (χ0v) is 20.7. The molecular weight excluding hydrogens is 466 g/mol. The molecule has 1 aliphatic carbocycles. The summed E-state index contributed by atoms with van der Waals surface area (Å²) in [6.07, 6.45) is 6.19. The quantitative estimate of drug-likeness (QED) is 0.455. The summed E-state index contributed by atoms with van der Waals surface area (Å²) in [5.74, 6) is -1.76. The van der Waals surface area contributed by atoms with Gasteiger partial charge in [0, 0.05) is 6.04 Å². The zero-order valence-electron chi connectivity index (χ0n) is 20.7. The topological polar surface area (TPSA) is 127 Å². The van der Waals surface area contributed by atoms with Crippen LogP contribution in [0, 0.1) is 0 Å². The molecule has 3 rings (SSSR count). The number of benzene rings is 1. The Morgan fingerprint density at radius 2 is 1.89 bits per heavy atom. The maximum Gasteiger partial charge on any atom is 0.325 e. The third-order valence-electron chi connectivity index (χ3n) is 5.99. The van der Waals surface area contributed by atoms with Crippen molar-refractivity contribution < 1.29 is 33.1 Å². The SMILES string of the molecule is CCOC(=O)CN(C(=O)CNC(=O)c1ccco1)[C@@H](C(=O)NC1CCCCC1)c1cccc(OC)c1. The van der Waals surface area contributed by atoms with Gasteiger partial charge in [-0.1, -0.05) is 31.4 Å². The number of methoxy groups -OCH3 is 1. The van der Waals surface area contributed by atoms with Gasteiger partial charge >= 0.3 is 5.97 Å². The van der Waals surface area contributed by atoms with Crippen molar-refractivity contribution in [2.75, 3.05) is 26.8 Å². The van der Waals surface area contributed by atoms with Crippen molar-refractivity contribution in [3.05, 3.63) is 54.0 Å². The van der Waals surface area contributed by atoms with Gasteiger partial charge in [0.1, 0.15) is 18.3 Å². The van der Waals surface area contributed by atoms with Gasteiger partial charge in [-0.2, -0.15) is 0 Å². The second-order valence-corrected chi connectivity index (χ2v) is 8.51. The van der Waals surface area contributed by atoms with E-state index in [0.29, 0.717) is 11.3 Å². The molecule has 0 unspecified atom stereocenters. The van der Waals surface area contributed by atoms with Crippen molar-refractivity contribution in [1.29, 1.82) is 0 Å². The number of rotatable bonds is 11. The number of esters is 1. The van der Waals surface area contributed by atoms with Gasteiger partial charge in [-0.3, -0.25) is 19.2 Å². The minimum atomic E-state index is -1.14. The summed E-state index contributed by atoms with van der Waals surface area (Å²) in [4.78, 5) is 52.9. The molecular formula is C26H33N3O7. The number of carbonyl (C=O) groups excluding carboxylic acids is 4. The van der Waals surface area contributed by atoms with Gasteiger partial charge in [0.15, 0.2) is 5.76 Å². The van der Waals surface area contributed by atoms with Crippen molar-refractivity contribution >= 4 is 23.7 Å². The summed E-state index contributed by atoms with van der Waals surface area (Å²) in [6.45, 7) is 0.858. The minimum absolute atomic E-state index is 0.0161. The first kappa shape index (κ1) is 26.8. The van der Waals surface area contributed by atoms with Gasteiger partial charge in [-0.05, 0) is 49.6 Å². The number of carbonyl (C=O) groups is 4. The fraction of sp³-hybridized carbons (Fsp3) is 0.462. The second-order valence-electron chi connectivity index (χ2n) is 8.51. The van der Waals surface area contributed by atoms with Crippen LogP contribution in [0.15, 0.2) is 47.1 Å². The molecule has 1 heterocycles. The average molecular weight is 500 g/mol. The van der Waals surface area contributed by atoms with Crippen molar-refractivity contribution in [2.45, 2.75) is 51.1 Å². The van der Waals surface area contributed by atoms with Crippen molar-refractivity contribution in [3.63, 3.8) is 0 Å². The van der Waals surface area contributed by atoms with Crippen molar-refractivity contribution in [2.24, 2.45) is 0 Å². The Labute approximate surface area is 210 Å². The van der Waals surface area contributed by atoms with E-state index in [1.807, 2.05) is 0 Å². The molecule has 0 radical (unpaired) electrons. The van der Waals surface area contributed by atoms with Gasteiger partial charge in [0.05, 0.1) is 26.5 Å². The maximum absolute atomic E-state index is 13.6. The fourth-order valence-corrected chi connectivity index (χ4v) is 4.23. The molecule has 0 aliphatic heterocycles. The lowest BCUT2D eigenvalue weighted by molar-refractivity contribution is -0.152. The smallest absolute Gasteiger partial charge is 0.325 e. The highest BCUT2D eigenvalue weighted by Gasteiger charge is 2.35. The Morgan fingerprint density at radius 3 is 2.56 bits per heavy atom. The number of nitrogens with one attached hydrogen (secondary N) is 2. The van der Waals surface area contributed by atoms with E-state index in [2.05, 4.69) is 10.6 Å². The highest BCUT2D eigenvalue weighted by Crippen LogP contribution is 2.27. The van der Waals surface area contributed by atoms with Gasteiger partial charge in [-0.15, -0.1) is 0 Å². The second kappa shape index (κ2) is 13.3. The molecule has 194 valence electrons. The molecule has 3 amide bonds. The molecule has 36 heavy (non-hydrogen) atoms. The number of ether oxygens (including phenoxy) is 2. The minimum Gasteiger partial charge on any atom is -0.497 e. The highest BCUT2D eigenvalue weighted by atomic mass is 16.5. The molecule has 1 atom stereocenters. The molecule has 1 aromatic heterocycles. The molecule has 10 heteroatoms. The molecule has 1 aliphatic rings. The summed E-state index contributed by atoms with van der Waals surface area (Å²) < 4.78 is 15.5. The molecule has 1 aromatic carbocycles. The van der Waals surface area contributed by atoms with E-state index in [1.165, 1.54) is 19.4 Å². The first-order chi connectivity index (χ1) is 17.4.